The molecule has 0 spiro atoms. The van der Waals surface area contributed by atoms with Crippen molar-refractivity contribution >= 4 is 21.7 Å². The third kappa shape index (κ3) is 3.53. The van der Waals surface area contributed by atoms with Crippen molar-refractivity contribution in [1.82, 2.24) is 9.78 Å². The van der Waals surface area contributed by atoms with Crippen molar-refractivity contribution in [3.8, 4) is 0 Å². The van der Waals surface area contributed by atoms with E-state index in [4.69, 9.17) is 0 Å². The lowest BCUT2D eigenvalue weighted by atomic mass is 10.0. The van der Waals surface area contributed by atoms with Crippen LogP contribution >= 0.6 is 15.9 Å². The molecular weight excluding hydrogens is 349 g/mol. The largest absolute Gasteiger partial charge is 0.416 e. The normalized spacial score (nSPS) is 11.7. The summed E-state index contributed by atoms with van der Waals surface area (Å²) in [4.78, 5) is 12.3. The molecule has 0 atom stereocenters. The summed E-state index contributed by atoms with van der Waals surface area (Å²) in [5.74, 6) is -0.277. The molecule has 0 unspecified atom stereocenters. The summed E-state index contributed by atoms with van der Waals surface area (Å²) in [6.45, 7) is 2.34. The van der Waals surface area contributed by atoms with Crippen LogP contribution in [0.1, 0.15) is 28.5 Å². The highest BCUT2D eigenvalue weighted by molar-refractivity contribution is 9.10. The van der Waals surface area contributed by atoms with Crippen molar-refractivity contribution in [2.45, 2.75) is 26.1 Å². The average Bonchev–Trinajstić information content (AvgIpc) is 2.79. The minimum Gasteiger partial charge on any atom is -0.292 e. The number of aryl methyl sites for hydroxylation is 1. The lowest BCUT2D eigenvalue weighted by molar-refractivity contribution is -0.137. The Bertz CT molecular complexity index is 664. The van der Waals surface area contributed by atoms with E-state index in [1.54, 1.807) is 0 Å². The van der Waals surface area contributed by atoms with Gasteiger partial charge in [0.05, 0.1) is 16.2 Å². The van der Waals surface area contributed by atoms with Crippen LogP contribution in [0.4, 0.5) is 13.2 Å². The van der Waals surface area contributed by atoms with E-state index in [9.17, 15) is 18.0 Å². The summed E-state index contributed by atoms with van der Waals surface area (Å²) in [6, 6.07) is 4.80. The lowest BCUT2D eigenvalue weighted by Crippen LogP contribution is -2.13. The molecule has 112 valence electrons. The third-order valence-electron chi connectivity index (χ3n) is 2.98. The molecule has 0 N–H and O–H groups in total. The minimum absolute atomic E-state index is 0.103. The molecule has 1 heterocycles. The number of benzene rings is 1. The van der Waals surface area contributed by atoms with Crippen LogP contribution in [0.25, 0.3) is 0 Å². The van der Waals surface area contributed by atoms with Crippen LogP contribution in [-0.4, -0.2) is 15.6 Å². The molecule has 7 heteroatoms. The first-order valence-electron chi connectivity index (χ1n) is 6.23. The maximum absolute atomic E-state index is 12.7. The van der Waals surface area contributed by atoms with Crippen molar-refractivity contribution < 1.29 is 18.0 Å². The number of nitrogens with zero attached hydrogens (tertiary/aromatic N) is 2. The fourth-order valence-corrected chi connectivity index (χ4v) is 2.52. The second kappa shape index (κ2) is 6.01. The molecular formula is C14H12BrF3N2O. The van der Waals surface area contributed by atoms with Gasteiger partial charge in [-0.2, -0.15) is 18.3 Å². The van der Waals surface area contributed by atoms with Gasteiger partial charge in [-0.15, -0.1) is 0 Å². The first kappa shape index (κ1) is 15.8. The van der Waals surface area contributed by atoms with Gasteiger partial charge in [0.1, 0.15) is 5.69 Å². The summed E-state index contributed by atoms with van der Waals surface area (Å²) in [7, 11) is 0. The van der Waals surface area contributed by atoms with Crippen molar-refractivity contribution in [3.05, 3.63) is 51.8 Å². The molecule has 0 radical (unpaired) electrons. The molecule has 3 nitrogen and oxygen atoms in total. The smallest absolute Gasteiger partial charge is 0.292 e. The second-order valence-corrected chi connectivity index (χ2v) is 5.31. The van der Waals surface area contributed by atoms with Crippen molar-refractivity contribution in [2.24, 2.45) is 0 Å². The van der Waals surface area contributed by atoms with E-state index in [0.717, 1.165) is 12.1 Å². The molecule has 21 heavy (non-hydrogen) atoms. The van der Waals surface area contributed by atoms with Crippen LogP contribution in [0.5, 0.6) is 0 Å². The molecule has 1 aromatic heterocycles. The zero-order chi connectivity index (χ0) is 15.6. The van der Waals surface area contributed by atoms with E-state index < -0.39 is 11.7 Å². The summed E-state index contributed by atoms with van der Waals surface area (Å²) in [5, 5.41) is 4.02. The first-order valence-corrected chi connectivity index (χ1v) is 7.03. The first-order chi connectivity index (χ1) is 9.82. The number of rotatable bonds is 4. The molecule has 1 aromatic carbocycles. The van der Waals surface area contributed by atoms with E-state index in [2.05, 4.69) is 21.0 Å². The van der Waals surface area contributed by atoms with Gasteiger partial charge >= 0.3 is 6.18 Å². The van der Waals surface area contributed by atoms with Crippen LogP contribution in [0.3, 0.4) is 0 Å². The Kier molecular flexibility index (Phi) is 4.51. The highest BCUT2D eigenvalue weighted by Gasteiger charge is 2.30. The van der Waals surface area contributed by atoms with Gasteiger partial charge < -0.3 is 0 Å². The molecule has 0 fully saturated rings. The molecule has 0 amide bonds. The number of Topliss-reactive ketones (excluding diaryl/α,β-unsaturated/α-hetero) is 1. The number of carbonyl (C=O) groups excluding carboxylic acids is 1. The number of hydrogen-bond acceptors (Lipinski definition) is 2. The highest BCUT2D eigenvalue weighted by Crippen LogP contribution is 2.30. The van der Waals surface area contributed by atoms with Gasteiger partial charge in [0.2, 0.25) is 0 Å². The number of alkyl halides is 3. The van der Waals surface area contributed by atoms with Crippen LogP contribution in [0.15, 0.2) is 34.9 Å². The number of carbonyl (C=O) groups is 1. The van der Waals surface area contributed by atoms with Crippen molar-refractivity contribution in [2.75, 3.05) is 0 Å². The second-order valence-electron chi connectivity index (χ2n) is 4.45. The summed E-state index contributed by atoms with van der Waals surface area (Å²) >= 11 is 3.23. The van der Waals surface area contributed by atoms with Crippen molar-refractivity contribution in [1.29, 1.82) is 0 Å². The van der Waals surface area contributed by atoms with Gasteiger partial charge in [-0.1, -0.05) is 18.2 Å². The van der Waals surface area contributed by atoms with Crippen LogP contribution in [0, 0.1) is 0 Å². The monoisotopic (exact) mass is 360 g/mol. The number of halogens is 4. The van der Waals surface area contributed by atoms with Crippen LogP contribution in [-0.2, 0) is 19.1 Å². The maximum Gasteiger partial charge on any atom is 0.416 e. The van der Waals surface area contributed by atoms with Crippen molar-refractivity contribution in [3.63, 3.8) is 0 Å². The average molecular weight is 361 g/mol. The standard InChI is InChI=1S/C14H12BrF3N2O/c1-2-20-13(11(15)8-19-20)12(21)7-9-4-3-5-10(6-9)14(16,17)18/h3-6,8H,2,7H2,1H3. The zero-order valence-electron chi connectivity index (χ0n) is 11.1. The molecule has 0 bridgehead atoms. The Morgan fingerprint density at radius 2 is 2.10 bits per heavy atom. The van der Waals surface area contributed by atoms with Gasteiger partial charge in [-0.25, -0.2) is 0 Å². The third-order valence-corrected chi connectivity index (χ3v) is 3.56. The SMILES string of the molecule is CCn1ncc(Br)c1C(=O)Cc1cccc(C(F)(F)F)c1. The fourth-order valence-electron chi connectivity index (χ4n) is 2.01. The van der Waals surface area contributed by atoms with Crippen LogP contribution < -0.4 is 0 Å². The van der Waals surface area contributed by atoms with Crippen LogP contribution in [0.2, 0.25) is 0 Å². The number of ketones is 1. The fraction of sp³-hybridized carbons (Fsp3) is 0.286. The van der Waals surface area contributed by atoms with E-state index in [-0.39, 0.29) is 12.2 Å². The zero-order valence-corrected chi connectivity index (χ0v) is 12.7. The lowest BCUT2D eigenvalue weighted by Gasteiger charge is -2.09. The molecule has 2 aromatic rings. The summed E-state index contributed by atoms with van der Waals surface area (Å²) < 4.78 is 40.0. The van der Waals surface area contributed by atoms with E-state index in [1.807, 2.05) is 6.92 Å². The van der Waals surface area contributed by atoms with Gasteiger partial charge in [0, 0.05) is 13.0 Å². The van der Waals surface area contributed by atoms with Gasteiger partial charge in [0.15, 0.2) is 5.78 Å². The molecule has 0 aliphatic rings. The minimum atomic E-state index is -4.41. The maximum atomic E-state index is 12.7. The Morgan fingerprint density at radius 3 is 2.71 bits per heavy atom. The molecule has 2 rings (SSSR count). The molecule has 0 aliphatic carbocycles. The number of hydrogen-bond donors (Lipinski definition) is 0. The highest BCUT2D eigenvalue weighted by atomic mass is 79.9. The van der Waals surface area contributed by atoms with E-state index >= 15 is 0 Å². The van der Waals surface area contributed by atoms with Gasteiger partial charge in [-0.3, -0.25) is 9.48 Å². The molecule has 0 saturated heterocycles. The van der Waals surface area contributed by atoms with Gasteiger partial charge in [-0.05, 0) is 34.5 Å². The predicted molar refractivity (Wildman–Crippen MR) is 75.1 cm³/mol. The Labute approximate surface area is 127 Å². The number of aromatic nitrogens is 2. The Morgan fingerprint density at radius 1 is 1.38 bits per heavy atom. The van der Waals surface area contributed by atoms with E-state index in [1.165, 1.54) is 23.0 Å². The van der Waals surface area contributed by atoms with Gasteiger partial charge in [0.25, 0.3) is 0 Å². The summed E-state index contributed by atoms with van der Waals surface area (Å²) in [5.41, 5.74) is -0.0589. The summed E-state index contributed by atoms with van der Waals surface area (Å²) in [6.07, 6.45) is -3.01. The Balaban J connectivity index is 2.26. The predicted octanol–water partition coefficient (Wildman–Crippen LogP) is 4.11. The Hall–Kier alpha value is -1.63. The quantitative estimate of drug-likeness (QED) is 0.769. The molecule has 0 aliphatic heterocycles. The molecule has 0 saturated carbocycles. The topological polar surface area (TPSA) is 34.9 Å². The van der Waals surface area contributed by atoms with E-state index in [0.29, 0.717) is 22.3 Å².